The van der Waals surface area contributed by atoms with E-state index in [0.29, 0.717) is 5.92 Å². The van der Waals surface area contributed by atoms with E-state index in [4.69, 9.17) is 17.3 Å². The molecular formula is C16H25ClN2OS. The van der Waals surface area contributed by atoms with Crippen LogP contribution in [0.5, 0.6) is 0 Å². The third kappa shape index (κ3) is 6.29. The molecule has 1 aromatic carbocycles. The van der Waals surface area contributed by atoms with Gasteiger partial charge in [0.2, 0.25) is 5.91 Å². The van der Waals surface area contributed by atoms with Gasteiger partial charge >= 0.3 is 0 Å². The first-order valence-corrected chi connectivity index (χ1v) is 8.64. The standard InChI is InChI=1S/C16H25ClN2OS/c1-12(2)11-16(3,15(18)20)19-9-6-10-21-14-8-5-4-7-13(14)17/h4-5,7-8,12,19H,6,9-11H2,1-3H3,(H2,18,20). The van der Waals surface area contributed by atoms with Gasteiger partial charge in [-0.25, -0.2) is 0 Å². The van der Waals surface area contributed by atoms with Crippen molar-refractivity contribution in [1.82, 2.24) is 5.32 Å². The molecule has 1 rings (SSSR count). The highest BCUT2D eigenvalue weighted by atomic mass is 35.5. The van der Waals surface area contributed by atoms with Crippen LogP contribution in [-0.4, -0.2) is 23.7 Å². The Bertz CT molecular complexity index is 467. The second kappa shape index (κ2) is 8.66. The summed E-state index contributed by atoms with van der Waals surface area (Å²) in [5.41, 5.74) is 4.90. The van der Waals surface area contributed by atoms with Crippen molar-refractivity contribution in [2.75, 3.05) is 12.3 Å². The Morgan fingerprint density at radius 2 is 2.10 bits per heavy atom. The first-order chi connectivity index (χ1) is 9.85. The number of nitrogens with two attached hydrogens (primary N) is 1. The maximum Gasteiger partial charge on any atom is 0.237 e. The van der Waals surface area contributed by atoms with Crippen molar-refractivity contribution < 1.29 is 4.79 Å². The summed E-state index contributed by atoms with van der Waals surface area (Å²) in [7, 11) is 0. The average Bonchev–Trinajstić information content (AvgIpc) is 2.39. The largest absolute Gasteiger partial charge is 0.368 e. The molecule has 0 saturated carbocycles. The second-order valence-electron chi connectivity index (χ2n) is 5.85. The molecule has 5 heteroatoms. The van der Waals surface area contributed by atoms with E-state index in [1.165, 1.54) is 0 Å². The van der Waals surface area contributed by atoms with E-state index in [0.717, 1.165) is 35.1 Å². The molecule has 0 bridgehead atoms. The number of carbonyl (C=O) groups is 1. The molecule has 0 saturated heterocycles. The van der Waals surface area contributed by atoms with Gasteiger partial charge in [0.25, 0.3) is 0 Å². The molecule has 0 aromatic heterocycles. The fourth-order valence-electron chi connectivity index (χ4n) is 2.26. The van der Waals surface area contributed by atoms with Crippen molar-refractivity contribution in [2.24, 2.45) is 11.7 Å². The minimum atomic E-state index is -0.622. The lowest BCUT2D eigenvalue weighted by Crippen LogP contribution is -2.54. The van der Waals surface area contributed by atoms with Crippen molar-refractivity contribution in [3.63, 3.8) is 0 Å². The van der Waals surface area contributed by atoms with Crippen LogP contribution in [-0.2, 0) is 4.79 Å². The highest BCUT2D eigenvalue weighted by Crippen LogP contribution is 2.26. The van der Waals surface area contributed by atoms with E-state index in [1.54, 1.807) is 11.8 Å². The van der Waals surface area contributed by atoms with Gasteiger partial charge in [-0.15, -0.1) is 11.8 Å². The van der Waals surface area contributed by atoms with Gasteiger partial charge in [-0.3, -0.25) is 4.79 Å². The van der Waals surface area contributed by atoms with Crippen LogP contribution in [0.4, 0.5) is 0 Å². The maximum atomic E-state index is 11.6. The van der Waals surface area contributed by atoms with E-state index in [9.17, 15) is 4.79 Å². The van der Waals surface area contributed by atoms with E-state index in [1.807, 2.05) is 31.2 Å². The number of hydrogen-bond acceptors (Lipinski definition) is 3. The second-order valence-corrected chi connectivity index (χ2v) is 7.40. The zero-order valence-corrected chi connectivity index (χ0v) is 14.6. The van der Waals surface area contributed by atoms with Gasteiger partial charge in [0.1, 0.15) is 0 Å². The van der Waals surface area contributed by atoms with Crippen molar-refractivity contribution in [3.8, 4) is 0 Å². The molecule has 0 aliphatic rings. The zero-order chi connectivity index (χ0) is 15.9. The Hall–Kier alpha value is -0.710. The first kappa shape index (κ1) is 18.3. The summed E-state index contributed by atoms with van der Waals surface area (Å²) in [6, 6.07) is 7.83. The molecule has 118 valence electrons. The molecule has 21 heavy (non-hydrogen) atoms. The predicted molar refractivity (Wildman–Crippen MR) is 91.9 cm³/mol. The lowest BCUT2D eigenvalue weighted by molar-refractivity contribution is -0.124. The molecule has 1 amide bonds. The van der Waals surface area contributed by atoms with Gasteiger partial charge < -0.3 is 11.1 Å². The van der Waals surface area contributed by atoms with Crippen LogP contribution in [0, 0.1) is 5.92 Å². The summed E-state index contributed by atoms with van der Waals surface area (Å²) >= 11 is 7.84. The highest BCUT2D eigenvalue weighted by Gasteiger charge is 2.30. The lowest BCUT2D eigenvalue weighted by atomic mass is 9.90. The van der Waals surface area contributed by atoms with Gasteiger partial charge in [0.15, 0.2) is 0 Å². The molecule has 0 aliphatic carbocycles. The van der Waals surface area contributed by atoms with Crippen LogP contribution in [0.15, 0.2) is 29.2 Å². The topological polar surface area (TPSA) is 55.1 Å². The summed E-state index contributed by atoms with van der Waals surface area (Å²) in [5.74, 6) is 1.09. The fraction of sp³-hybridized carbons (Fsp3) is 0.562. The highest BCUT2D eigenvalue weighted by molar-refractivity contribution is 7.99. The molecule has 0 fully saturated rings. The van der Waals surface area contributed by atoms with E-state index < -0.39 is 5.54 Å². The van der Waals surface area contributed by atoms with Gasteiger partial charge in [-0.05, 0) is 50.1 Å². The van der Waals surface area contributed by atoms with E-state index in [-0.39, 0.29) is 5.91 Å². The number of primary amides is 1. The monoisotopic (exact) mass is 328 g/mol. The van der Waals surface area contributed by atoms with Gasteiger partial charge in [-0.1, -0.05) is 37.6 Å². The molecule has 3 nitrogen and oxygen atoms in total. The quantitative estimate of drug-likeness (QED) is 0.537. The number of thioether (sulfide) groups is 1. The van der Waals surface area contributed by atoms with Crippen LogP contribution < -0.4 is 11.1 Å². The summed E-state index contributed by atoms with van der Waals surface area (Å²) in [4.78, 5) is 12.7. The normalized spacial score (nSPS) is 14.1. The van der Waals surface area contributed by atoms with Crippen LogP contribution in [0.25, 0.3) is 0 Å². The summed E-state index contributed by atoms with van der Waals surface area (Å²) in [5, 5.41) is 4.10. The number of nitrogens with one attached hydrogen (secondary N) is 1. The van der Waals surface area contributed by atoms with Crippen LogP contribution in [0.1, 0.15) is 33.6 Å². The van der Waals surface area contributed by atoms with Crippen LogP contribution >= 0.6 is 23.4 Å². The first-order valence-electron chi connectivity index (χ1n) is 7.27. The van der Waals surface area contributed by atoms with Crippen LogP contribution in [0.3, 0.4) is 0 Å². The molecular weight excluding hydrogens is 304 g/mol. The van der Waals surface area contributed by atoms with Crippen molar-refractivity contribution in [3.05, 3.63) is 29.3 Å². The molecule has 0 spiro atoms. The zero-order valence-electron chi connectivity index (χ0n) is 13.0. The molecule has 0 aliphatic heterocycles. The Balaban J connectivity index is 2.35. The van der Waals surface area contributed by atoms with Gasteiger partial charge in [0.05, 0.1) is 10.6 Å². The number of hydrogen-bond donors (Lipinski definition) is 2. The molecule has 1 aromatic rings. The Morgan fingerprint density at radius 3 is 2.67 bits per heavy atom. The minimum absolute atomic E-state index is 0.282. The van der Waals surface area contributed by atoms with Gasteiger partial charge in [-0.2, -0.15) is 0 Å². The molecule has 3 N–H and O–H groups in total. The molecule has 0 heterocycles. The number of benzene rings is 1. The number of rotatable bonds is 9. The SMILES string of the molecule is CC(C)CC(C)(NCCCSc1ccccc1Cl)C(N)=O. The maximum absolute atomic E-state index is 11.6. The number of carbonyl (C=O) groups excluding carboxylic acids is 1. The molecule has 0 radical (unpaired) electrons. The smallest absolute Gasteiger partial charge is 0.237 e. The third-order valence-electron chi connectivity index (χ3n) is 3.29. The van der Waals surface area contributed by atoms with Gasteiger partial charge in [0, 0.05) is 4.90 Å². The predicted octanol–water partition coefficient (Wildman–Crippen LogP) is 3.70. The van der Waals surface area contributed by atoms with E-state index >= 15 is 0 Å². The Kier molecular flexibility index (Phi) is 7.57. The van der Waals surface area contributed by atoms with Crippen LogP contribution in [0.2, 0.25) is 5.02 Å². The average molecular weight is 329 g/mol. The third-order valence-corrected chi connectivity index (χ3v) is 4.89. The minimum Gasteiger partial charge on any atom is -0.368 e. The summed E-state index contributed by atoms with van der Waals surface area (Å²) in [6.45, 7) is 6.84. The summed E-state index contributed by atoms with van der Waals surface area (Å²) < 4.78 is 0. The number of amides is 1. The van der Waals surface area contributed by atoms with Crippen molar-refractivity contribution >= 4 is 29.3 Å². The fourth-order valence-corrected chi connectivity index (χ4v) is 3.45. The van der Waals surface area contributed by atoms with E-state index in [2.05, 4.69) is 19.2 Å². The van der Waals surface area contributed by atoms with Crippen molar-refractivity contribution in [2.45, 2.75) is 44.0 Å². The molecule has 1 atom stereocenters. The lowest BCUT2D eigenvalue weighted by Gasteiger charge is -2.29. The Labute approximate surface area is 137 Å². The Morgan fingerprint density at radius 1 is 1.43 bits per heavy atom. The summed E-state index contributed by atoms with van der Waals surface area (Å²) in [6.07, 6.45) is 1.71. The molecule has 1 unspecified atom stereocenters. The number of halogens is 1. The van der Waals surface area contributed by atoms with Crippen molar-refractivity contribution in [1.29, 1.82) is 0 Å².